The molecule has 0 fully saturated rings. The number of amides is 2. The highest BCUT2D eigenvalue weighted by atomic mass is 32.2. The van der Waals surface area contributed by atoms with Crippen LogP contribution in [0.2, 0.25) is 0 Å². The Labute approximate surface area is 226 Å². The molecular weight excluding hydrogens is 498 g/mol. The van der Waals surface area contributed by atoms with E-state index in [1.807, 2.05) is 80.6 Å². The Kier molecular flexibility index (Phi) is 10.1. The number of hydrogen-bond donors (Lipinski definition) is 1. The normalized spacial score (nSPS) is 12.1. The number of aryl methyl sites for hydroxylation is 1. The van der Waals surface area contributed by atoms with Gasteiger partial charge in [0.15, 0.2) is 0 Å². The molecule has 2 amide bonds. The molecule has 0 saturated carbocycles. The highest BCUT2D eigenvalue weighted by Gasteiger charge is 2.33. The van der Waals surface area contributed by atoms with Crippen molar-refractivity contribution in [3.8, 4) is 0 Å². The highest BCUT2D eigenvalue weighted by Crippen LogP contribution is 2.23. The first-order valence-corrected chi connectivity index (χ1v) is 14.6. The van der Waals surface area contributed by atoms with Gasteiger partial charge in [0.25, 0.3) is 0 Å². The predicted molar refractivity (Wildman–Crippen MR) is 152 cm³/mol. The van der Waals surface area contributed by atoms with Crippen LogP contribution in [0.1, 0.15) is 30.5 Å². The van der Waals surface area contributed by atoms with Gasteiger partial charge >= 0.3 is 0 Å². The van der Waals surface area contributed by atoms with E-state index in [-0.39, 0.29) is 18.4 Å². The molecule has 0 bridgehead atoms. The molecule has 3 aromatic rings. The molecule has 1 N–H and O–H groups in total. The maximum Gasteiger partial charge on any atom is 0.244 e. The Hall–Kier alpha value is -3.65. The van der Waals surface area contributed by atoms with Gasteiger partial charge in [-0.2, -0.15) is 0 Å². The molecule has 202 valence electrons. The zero-order valence-corrected chi connectivity index (χ0v) is 23.3. The number of nitrogens with zero attached hydrogens (tertiary/aromatic N) is 2. The van der Waals surface area contributed by atoms with Gasteiger partial charge in [-0.05, 0) is 35.6 Å². The summed E-state index contributed by atoms with van der Waals surface area (Å²) in [5, 5.41) is 2.98. The van der Waals surface area contributed by atoms with Gasteiger partial charge in [-0.3, -0.25) is 13.9 Å². The molecule has 3 aromatic carbocycles. The van der Waals surface area contributed by atoms with E-state index in [9.17, 15) is 18.0 Å². The van der Waals surface area contributed by atoms with Crippen LogP contribution in [0.3, 0.4) is 0 Å². The van der Waals surface area contributed by atoms with Gasteiger partial charge in [0, 0.05) is 19.5 Å². The van der Waals surface area contributed by atoms with Crippen molar-refractivity contribution < 1.29 is 18.0 Å². The van der Waals surface area contributed by atoms with E-state index in [4.69, 9.17) is 0 Å². The van der Waals surface area contributed by atoms with Crippen molar-refractivity contribution in [3.05, 3.63) is 102 Å². The molecule has 0 radical (unpaired) electrons. The maximum atomic E-state index is 14.0. The molecule has 0 unspecified atom stereocenters. The molecule has 0 aliphatic heterocycles. The fraction of sp³-hybridized carbons (Fsp3) is 0.333. The fourth-order valence-corrected chi connectivity index (χ4v) is 5.10. The average Bonchev–Trinajstić information content (AvgIpc) is 2.89. The summed E-state index contributed by atoms with van der Waals surface area (Å²) in [7, 11) is -3.78. The minimum Gasteiger partial charge on any atom is -0.354 e. The van der Waals surface area contributed by atoms with E-state index in [0.29, 0.717) is 18.7 Å². The van der Waals surface area contributed by atoms with Crippen molar-refractivity contribution >= 4 is 27.5 Å². The Bertz CT molecular complexity index is 1310. The molecular formula is C30H37N3O4S. The van der Waals surface area contributed by atoms with Crippen molar-refractivity contribution in [1.29, 1.82) is 0 Å². The Morgan fingerprint density at radius 1 is 0.842 bits per heavy atom. The quantitative estimate of drug-likeness (QED) is 0.377. The lowest BCUT2D eigenvalue weighted by molar-refractivity contribution is -0.140. The highest BCUT2D eigenvalue weighted by molar-refractivity contribution is 7.92. The maximum absolute atomic E-state index is 14.0. The van der Waals surface area contributed by atoms with E-state index >= 15 is 0 Å². The van der Waals surface area contributed by atoms with Crippen LogP contribution in [-0.2, 0) is 32.6 Å². The number of rotatable bonds is 12. The summed E-state index contributed by atoms with van der Waals surface area (Å²) in [5.41, 5.74) is 2.92. The average molecular weight is 536 g/mol. The SMILES string of the molecule is Cc1ccccc1N(CC(=O)N(Cc1ccccc1)[C@H](Cc1ccccc1)C(=O)NCC(C)C)S(C)(=O)=O. The monoisotopic (exact) mass is 535 g/mol. The summed E-state index contributed by atoms with van der Waals surface area (Å²) >= 11 is 0. The molecule has 7 nitrogen and oxygen atoms in total. The van der Waals surface area contributed by atoms with Crippen LogP contribution >= 0.6 is 0 Å². The third kappa shape index (κ3) is 8.18. The molecule has 0 aliphatic rings. The van der Waals surface area contributed by atoms with Crippen LogP contribution in [0.15, 0.2) is 84.9 Å². The fourth-order valence-electron chi connectivity index (χ4n) is 4.19. The predicted octanol–water partition coefficient (Wildman–Crippen LogP) is 4.17. The zero-order valence-electron chi connectivity index (χ0n) is 22.5. The lowest BCUT2D eigenvalue weighted by Gasteiger charge is -2.34. The van der Waals surface area contributed by atoms with Gasteiger partial charge in [0.2, 0.25) is 21.8 Å². The van der Waals surface area contributed by atoms with Gasteiger partial charge in [-0.25, -0.2) is 8.42 Å². The van der Waals surface area contributed by atoms with Crippen LogP contribution in [0, 0.1) is 12.8 Å². The molecule has 0 saturated heterocycles. The van der Waals surface area contributed by atoms with Gasteiger partial charge in [-0.15, -0.1) is 0 Å². The third-order valence-electron chi connectivity index (χ3n) is 6.21. The van der Waals surface area contributed by atoms with Gasteiger partial charge in [0.1, 0.15) is 12.6 Å². The van der Waals surface area contributed by atoms with E-state index in [1.165, 1.54) is 4.90 Å². The molecule has 3 rings (SSSR count). The summed E-state index contributed by atoms with van der Waals surface area (Å²) in [6.45, 7) is 6.03. The smallest absolute Gasteiger partial charge is 0.244 e. The first kappa shape index (κ1) is 28.9. The number of anilines is 1. The van der Waals surface area contributed by atoms with E-state index < -0.39 is 28.5 Å². The number of nitrogens with one attached hydrogen (secondary N) is 1. The number of hydrogen-bond acceptors (Lipinski definition) is 4. The molecule has 8 heteroatoms. The molecule has 0 aromatic heterocycles. The minimum absolute atomic E-state index is 0.164. The van der Waals surface area contributed by atoms with Gasteiger partial charge < -0.3 is 10.2 Å². The molecule has 0 spiro atoms. The second kappa shape index (κ2) is 13.2. The van der Waals surface area contributed by atoms with Gasteiger partial charge in [0.05, 0.1) is 11.9 Å². The molecule has 0 heterocycles. The Morgan fingerprint density at radius 2 is 1.39 bits per heavy atom. The largest absolute Gasteiger partial charge is 0.354 e. The van der Waals surface area contributed by atoms with Crippen LogP contribution in [0.5, 0.6) is 0 Å². The van der Waals surface area contributed by atoms with Gasteiger partial charge in [-0.1, -0.05) is 92.7 Å². The summed E-state index contributed by atoms with van der Waals surface area (Å²) in [6, 6.07) is 25.2. The van der Waals surface area contributed by atoms with Crippen molar-refractivity contribution in [2.24, 2.45) is 5.92 Å². The number of carbonyl (C=O) groups is 2. The summed E-state index contributed by atoms with van der Waals surface area (Å²) < 4.78 is 26.8. The van der Waals surface area contributed by atoms with Crippen LogP contribution < -0.4 is 9.62 Å². The Balaban J connectivity index is 2.03. The van der Waals surface area contributed by atoms with Crippen molar-refractivity contribution in [3.63, 3.8) is 0 Å². The minimum atomic E-state index is -3.78. The van der Waals surface area contributed by atoms with Crippen molar-refractivity contribution in [2.45, 2.75) is 39.8 Å². The first-order chi connectivity index (χ1) is 18.1. The number of benzene rings is 3. The second-order valence-corrected chi connectivity index (χ2v) is 11.8. The first-order valence-electron chi connectivity index (χ1n) is 12.7. The molecule has 1 atom stereocenters. The van der Waals surface area contributed by atoms with E-state index in [1.54, 1.807) is 25.1 Å². The number of carbonyl (C=O) groups excluding carboxylic acids is 2. The third-order valence-corrected chi connectivity index (χ3v) is 7.34. The summed E-state index contributed by atoms with van der Waals surface area (Å²) in [4.78, 5) is 29.1. The number of para-hydroxylation sites is 1. The Morgan fingerprint density at radius 3 is 1.95 bits per heavy atom. The second-order valence-electron chi connectivity index (χ2n) is 9.91. The summed E-state index contributed by atoms with van der Waals surface area (Å²) in [6.07, 6.45) is 1.39. The van der Waals surface area contributed by atoms with E-state index in [2.05, 4.69) is 5.32 Å². The van der Waals surface area contributed by atoms with Crippen LogP contribution in [0.25, 0.3) is 0 Å². The van der Waals surface area contributed by atoms with Crippen molar-refractivity contribution in [1.82, 2.24) is 10.2 Å². The lowest BCUT2D eigenvalue weighted by Crippen LogP contribution is -2.53. The molecule has 0 aliphatic carbocycles. The standard InChI is InChI=1S/C30H37N3O4S/c1-23(2)20-31-30(35)28(19-25-14-7-5-8-15-25)32(21-26-16-9-6-10-17-26)29(34)22-33(38(4,36)37)27-18-12-11-13-24(27)3/h5-18,23,28H,19-22H2,1-4H3,(H,31,35)/t28-/m1/s1. The van der Waals surface area contributed by atoms with Crippen molar-refractivity contribution in [2.75, 3.05) is 23.7 Å². The topological polar surface area (TPSA) is 86.8 Å². The van der Waals surface area contributed by atoms with Crippen LogP contribution in [0.4, 0.5) is 5.69 Å². The number of sulfonamides is 1. The zero-order chi connectivity index (χ0) is 27.7. The molecule has 38 heavy (non-hydrogen) atoms. The van der Waals surface area contributed by atoms with Crippen LogP contribution in [-0.4, -0.2) is 50.5 Å². The lowest BCUT2D eigenvalue weighted by atomic mass is 10.0. The van der Waals surface area contributed by atoms with E-state index in [0.717, 1.165) is 27.3 Å². The summed E-state index contributed by atoms with van der Waals surface area (Å²) in [5.74, 6) is -0.492.